The molecule has 0 fully saturated rings. The standard InChI is InChI=1S/C19H12F2N2O2S/c20-14-8-9-19(18(21)11-14)23-10-4-5-15(23)12-17(13-22)26(24,25)16-6-2-1-3-7-16/h1-12H/b17-12+. The first kappa shape index (κ1) is 17.6. The Bertz CT molecular complexity index is 1130. The number of benzene rings is 2. The zero-order valence-electron chi connectivity index (χ0n) is 13.3. The van der Waals surface area contributed by atoms with Crippen molar-refractivity contribution in [3.63, 3.8) is 0 Å². The van der Waals surface area contributed by atoms with E-state index in [1.807, 2.05) is 0 Å². The average Bonchev–Trinajstić information content (AvgIpc) is 3.08. The lowest BCUT2D eigenvalue weighted by Gasteiger charge is -2.09. The van der Waals surface area contributed by atoms with Crippen molar-refractivity contribution >= 4 is 15.9 Å². The van der Waals surface area contributed by atoms with E-state index in [9.17, 15) is 22.5 Å². The maximum absolute atomic E-state index is 14.0. The molecule has 0 saturated heterocycles. The van der Waals surface area contributed by atoms with Gasteiger partial charge in [-0.15, -0.1) is 0 Å². The van der Waals surface area contributed by atoms with Gasteiger partial charge in [-0.3, -0.25) is 0 Å². The molecule has 0 saturated carbocycles. The third kappa shape index (κ3) is 3.27. The first-order chi connectivity index (χ1) is 12.4. The molecule has 4 nitrogen and oxygen atoms in total. The van der Waals surface area contributed by atoms with E-state index >= 15 is 0 Å². The van der Waals surface area contributed by atoms with E-state index in [1.54, 1.807) is 30.3 Å². The summed E-state index contributed by atoms with van der Waals surface area (Å²) in [5, 5.41) is 9.34. The Hall–Kier alpha value is -3.24. The first-order valence-corrected chi connectivity index (χ1v) is 8.96. The average molecular weight is 370 g/mol. The second-order valence-electron chi connectivity index (χ2n) is 5.34. The number of nitriles is 1. The summed E-state index contributed by atoms with van der Waals surface area (Å²) >= 11 is 0. The lowest BCUT2D eigenvalue weighted by atomic mass is 10.2. The highest BCUT2D eigenvalue weighted by Gasteiger charge is 2.21. The predicted octanol–water partition coefficient (Wildman–Crippen LogP) is 4.09. The summed E-state index contributed by atoms with van der Waals surface area (Å²) in [5.74, 6) is -1.53. The van der Waals surface area contributed by atoms with E-state index in [0.717, 1.165) is 18.2 Å². The maximum Gasteiger partial charge on any atom is 0.216 e. The Morgan fingerprint density at radius 3 is 2.42 bits per heavy atom. The molecule has 0 aliphatic carbocycles. The molecular weight excluding hydrogens is 358 g/mol. The van der Waals surface area contributed by atoms with Gasteiger partial charge in [-0.2, -0.15) is 5.26 Å². The molecule has 130 valence electrons. The largest absolute Gasteiger partial charge is 0.314 e. The Morgan fingerprint density at radius 2 is 1.77 bits per heavy atom. The van der Waals surface area contributed by atoms with Gasteiger partial charge in [0.2, 0.25) is 9.84 Å². The van der Waals surface area contributed by atoms with Crippen LogP contribution in [0.15, 0.2) is 76.7 Å². The highest BCUT2D eigenvalue weighted by atomic mass is 32.2. The van der Waals surface area contributed by atoms with Crippen LogP contribution >= 0.6 is 0 Å². The molecule has 3 rings (SSSR count). The fraction of sp³-hybridized carbons (Fsp3) is 0. The van der Waals surface area contributed by atoms with E-state index in [0.29, 0.717) is 0 Å². The molecule has 1 heterocycles. The Labute approximate surface area is 149 Å². The second-order valence-corrected chi connectivity index (χ2v) is 7.25. The maximum atomic E-state index is 14.0. The van der Waals surface area contributed by atoms with Crippen molar-refractivity contribution < 1.29 is 17.2 Å². The van der Waals surface area contributed by atoms with Crippen molar-refractivity contribution in [2.24, 2.45) is 0 Å². The number of nitrogens with zero attached hydrogens (tertiary/aromatic N) is 2. The summed E-state index contributed by atoms with van der Waals surface area (Å²) in [6, 6.07) is 15.4. The predicted molar refractivity (Wildman–Crippen MR) is 92.9 cm³/mol. The molecule has 0 N–H and O–H groups in total. The van der Waals surface area contributed by atoms with Gasteiger partial charge >= 0.3 is 0 Å². The number of allylic oxidation sites excluding steroid dienone is 1. The molecule has 0 bridgehead atoms. The van der Waals surface area contributed by atoms with Crippen molar-refractivity contribution in [3.8, 4) is 11.8 Å². The fourth-order valence-electron chi connectivity index (χ4n) is 2.44. The zero-order valence-corrected chi connectivity index (χ0v) is 14.1. The first-order valence-electron chi connectivity index (χ1n) is 7.48. The van der Waals surface area contributed by atoms with Gasteiger partial charge in [0.1, 0.15) is 17.7 Å². The lowest BCUT2D eigenvalue weighted by molar-refractivity contribution is 0.577. The van der Waals surface area contributed by atoms with Gasteiger partial charge in [0.05, 0.1) is 10.6 Å². The van der Waals surface area contributed by atoms with Crippen LogP contribution in [0, 0.1) is 23.0 Å². The monoisotopic (exact) mass is 370 g/mol. The summed E-state index contributed by atoms with van der Waals surface area (Å²) in [6.45, 7) is 0. The quantitative estimate of drug-likeness (QED) is 0.650. The molecule has 1 aromatic heterocycles. The molecule has 0 aliphatic rings. The highest BCUT2D eigenvalue weighted by Crippen LogP contribution is 2.23. The third-order valence-electron chi connectivity index (χ3n) is 3.68. The Morgan fingerprint density at radius 1 is 1.04 bits per heavy atom. The van der Waals surface area contributed by atoms with Crippen LogP contribution in [0.2, 0.25) is 0 Å². The number of sulfone groups is 1. The van der Waals surface area contributed by atoms with Crippen LogP contribution < -0.4 is 0 Å². The van der Waals surface area contributed by atoms with Gasteiger partial charge < -0.3 is 4.57 Å². The molecule has 3 aromatic rings. The molecule has 0 unspecified atom stereocenters. The van der Waals surface area contributed by atoms with E-state index in [4.69, 9.17) is 0 Å². The summed E-state index contributed by atoms with van der Waals surface area (Å²) in [4.78, 5) is -0.495. The van der Waals surface area contributed by atoms with Crippen LogP contribution in [0.25, 0.3) is 11.8 Å². The summed E-state index contributed by atoms with van der Waals surface area (Å²) in [5.41, 5.74) is 0.309. The summed E-state index contributed by atoms with van der Waals surface area (Å²) < 4.78 is 53.8. The molecule has 0 aliphatic heterocycles. The van der Waals surface area contributed by atoms with Gasteiger partial charge in [0.15, 0.2) is 4.91 Å². The molecule has 2 aromatic carbocycles. The molecule has 0 amide bonds. The normalized spacial score (nSPS) is 12.0. The molecular formula is C19H12F2N2O2S. The summed E-state index contributed by atoms with van der Waals surface area (Å²) in [7, 11) is -4.01. The minimum Gasteiger partial charge on any atom is -0.314 e. The number of rotatable bonds is 4. The van der Waals surface area contributed by atoms with Gasteiger partial charge in [0.25, 0.3) is 0 Å². The van der Waals surface area contributed by atoms with Crippen molar-refractivity contribution in [2.45, 2.75) is 4.90 Å². The molecule has 0 atom stereocenters. The minimum atomic E-state index is -4.01. The van der Waals surface area contributed by atoms with E-state index in [-0.39, 0.29) is 16.3 Å². The van der Waals surface area contributed by atoms with Crippen LogP contribution in [-0.2, 0) is 9.84 Å². The van der Waals surface area contributed by atoms with Crippen LogP contribution in [0.1, 0.15) is 5.69 Å². The van der Waals surface area contributed by atoms with Crippen molar-refractivity contribution in [1.82, 2.24) is 4.57 Å². The topological polar surface area (TPSA) is 62.9 Å². The van der Waals surface area contributed by atoms with Crippen molar-refractivity contribution in [1.29, 1.82) is 5.26 Å². The third-order valence-corrected chi connectivity index (χ3v) is 5.36. The van der Waals surface area contributed by atoms with Gasteiger partial charge in [-0.25, -0.2) is 17.2 Å². The molecule has 26 heavy (non-hydrogen) atoms. The highest BCUT2D eigenvalue weighted by molar-refractivity contribution is 7.95. The van der Waals surface area contributed by atoms with Gasteiger partial charge in [-0.1, -0.05) is 18.2 Å². The SMILES string of the molecule is N#C/C(=C\c1cccn1-c1ccc(F)cc1F)S(=O)(=O)c1ccccc1. The number of hydrogen-bond acceptors (Lipinski definition) is 3. The van der Waals surface area contributed by atoms with Crippen LogP contribution in [0.4, 0.5) is 8.78 Å². The Balaban J connectivity index is 2.11. The number of aromatic nitrogens is 1. The molecule has 0 radical (unpaired) electrons. The smallest absolute Gasteiger partial charge is 0.216 e. The van der Waals surface area contributed by atoms with E-state index in [2.05, 4.69) is 0 Å². The van der Waals surface area contributed by atoms with Crippen molar-refractivity contribution in [3.05, 3.63) is 89.1 Å². The van der Waals surface area contributed by atoms with Crippen LogP contribution in [0.5, 0.6) is 0 Å². The molecule has 7 heteroatoms. The fourth-order valence-corrected chi connectivity index (χ4v) is 3.60. The second kappa shape index (κ2) is 6.94. The zero-order chi connectivity index (χ0) is 18.7. The van der Waals surface area contributed by atoms with Gasteiger partial charge in [-0.05, 0) is 42.5 Å². The lowest BCUT2D eigenvalue weighted by Crippen LogP contribution is -2.05. The molecule has 0 spiro atoms. The van der Waals surface area contributed by atoms with Crippen molar-refractivity contribution in [2.75, 3.05) is 0 Å². The van der Waals surface area contributed by atoms with E-state index in [1.165, 1.54) is 35.0 Å². The van der Waals surface area contributed by atoms with Crippen LogP contribution in [-0.4, -0.2) is 13.0 Å². The van der Waals surface area contributed by atoms with Gasteiger partial charge in [0, 0.05) is 18.0 Å². The minimum absolute atomic E-state index is 0.0149. The summed E-state index contributed by atoms with van der Waals surface area (Å²) in [6.07, 6.45) is 2.65. The number of halogens is 2. The Kier molecular flexibility index (Phi) is 4.69. The van der Waals surface area contributed by atoms with Crippen LogP contribution in [0.3, 0.4) is 0 Å². The van der Waals surface area contributed by atoms with E-state index < -0.39 is 26.4 Å². The number of hydrogen-bond donors (Lipinski definition) is 0.